The number of ether oxygens (including phenoxy) is 2. The molecule has 0 aliphatic heterocycles. The summed E-state index contributed by atoms with van der Waals surface area (Å²) < 4.78 is 11.4. The van der Waals surface area contributed by atoms with Crippen molar-refractivity contribution in [2.24, 2.45) is 5.73 Å². The Labute approximate surface area is 137 Å². The summed E-state index contributed by atoms with van der Waals surface area (Å²) >= 11 is 8.45. The number of hydrogen-bond acceptors (Lipinski definition) is 4. The summed E-state index contributed by atoms with van der Waals surface area (Å²) in [6.07, 6.45) is 0. The number of nitrogens with one attached hydrogen (secondary N) is 1. The maximum Gasteiger partial charge on any atom is 0.142 e. The zero-order valence-corrected chi connectivity index (χ0v) is 14.0. The Hall–Kier alpha value is -1.79. The molecule has 2 aromatic rings. The predicted molar refractivity (Wildman–Crippen MR) is 92.9 cm³/mol. The van der Waals surface area contributed by atoms with E-state index in [-0.39, 0.29) is 0 Å². The van der Waals surface area contributed by atoms with E-state index >= 15 is 0 Å². The molecule has 0 radical (unpaired) electrons. The first-order chi connectivity index (χ1) is 10.0. The van der Waals surface area contributed by atoms with Gasteiger partial charge in [0.2, 0.25) is 0 Å². The van der Waals surface area contributed by atoms with Gasteiger partial charge in [-0.2, -0.15) is 0 Å². The van der Waals surface area contributed by atoms with E-state index in [9.17, 15) is 0 Å². The molecule has 21 heavy (non-hydrogen) atoms. The van der Waals surface area contributed by atoms with E-state index in [1.54, 1.807) is 14.2 Å². The van der Waals surface area contributed by atoms with Crippen molar-refractivity contribution in [1.82, 2.24) is 0 Å². The SMILES string of the molecule is COc1ccc(OC)c(Nc2ccc(C(N)=S)c(Br)c2)c1. The minimum atomic E-state index is 0.354. The number of hydrogen-bond donors (Lipinski definition) is 2. The molecule has 6 heteroatoms. The molecule has 0 saturated carbocycles. The van der Waals surface area contributed by atoms with Gasteiger partial charge in [0.15, 0.2) is 0 Å². The monoisotopic (exact) mass is 366 g/mol. The van der Waals surface area contributed by atoms with Crippen LogP contribution in [0.1, 0.15) is 5.56 Å². The fraction of sp³-hybridized carbons (Fsp3) is 0.133. The zero-order valence-electron chi connectivity index (χ0n) is 11.6. The van der Waals surface area contributed by atoms with Crippen molar-refractivity contribution in [1.29, 1.82) is 0 Å². The highest BCUT2D eigenvalue weighted by atomic mass is 79.9. The highest BCUT2D eigenvalue weighted by Crippen LogP contribution is 2.32. The van der Waals surface area contributed by atoms with Crippen LogP contribution < -0.4 is 20.5 Å². The highest BCUT2D eigenvalue weighted by molar-refractivity contribution is 9.10. The summed E-state index contributed by atoms with van der Waals surface area (Å²) in [4.78, 5) is 0.354. The molecular formula is C15H15BrN2O2S. The smallest absolute Gasteiger partial charge is 0.142 e. The van der Waals surface area contributed by atoms with Gasteiger partial charge >= 0.3 is 0 Å². The molecule has 0 aliphatic rings. The Balaban J connectivity index is 2.33. The second kappa shape index (κ2) is 6.78. The van der Waals surface area contributed by atoms with Crippen molar-refractivity contribution in [3.8, 4) is 11.5 Å². The second-order valence-corrected chi connectivity index (χ2v) is 5.54. The van der Waals surface area contributed by atoms with Gasteiger partial charge in [0.25, 0.3) is 0 Å². The largest absolute Gasteiger partial charge is 0.497 e. The lowest BCUT2D eigenvalue weighted by Gasteiger charge is -2.13. The average molecular weight is 367 g/mol. The summed E-state index contributed by atoms with van der Waals surface area (Å²) in [5.41, 5.74) is 8.14. The van der Waals surface area contributed by atoms with Crippen LogP contribution in [0, 0.1) is 0 Å². The Bertz CT molecular complexity index is 677. The van der Waals surface area contributed by atoms with Gasteiger partial charge in [-0.25, -0.2) is 0 Å². The van der Waals surface area contributed by atoms with Crippen molar-refractivity contribution in [2.45, 2.75) is 0 Å². The number of methoxy groups -OCH3 is 2. The molecular weight excluding hydrogens is 352 g/mol. The third-order valence-corrected chi connectivity index (χ3v) is 3.80. The standard InChI is InChI=1S/C15H15BrN2O2S/c1-19-10-4-6-14(20-2)13(8-10)18-9-3-5-11(15(17)21)12(16)7-9/h3-8,18H,1-2H3,(H2,17,21). The Morgan fingerprint density at radius 3 is 2.48 bits per heavy atom. The maximum absolute atomic E-state index is 5.65. The van der Waals surface area contributed by atoms with E-state index in [2.05, 4.69) is 21.2 Å². The summed E-state index contributed by atoms with van der Waals surface area (Å²) in [6, 6.07) is 11.2. The van der Waals surface area contributed by atoms with Crippen molar-refractivity contribution in [3.63, 3.8) is 0 Å². The molecule has 0 aromatic heterocycles. The number of anilines is 2. The number of halogens is 1. The van der Waals surface area contributed by atoms with E-state index < -0.39 is 0 Å². The van der Waals surface area contributed by atoms with Crippen molar-refractivity contribution in [2.75, 3.05) is 19.5 Å². The number of benzene rings is 2. The summed E-state index contributed by atoms with van der Waals surface area (Å²) in [5.74, 6) is 1.47. The van der Waals surface area contributed by atoms with Crippen LogP contribution in [0.5, 0.6) is 11.5 Å². The van der Waals surface area contributed by atoms with Crippen molar-refractivity contribution < 1.29 is 9.47 Å². The molecule has 0 unspecified atom stereocenters. The first-order valence-corrected chi connectivity index (χ1v) is 7.33. The lowest BCUT2D eigenvalue weighted by atomic mass is 10.2. The quantitative estimate of drug-likeness (QED) is 0.787. The van der Waals surface area contributed by atoms with Crippen LogP contribution in [0.2, 0.25) is 0 Å². The Kier molecular flexibility index (Phi) is 5.03. The Morgan fingerprint density at radius 2 is 1.90 bits per heavy atom. The molecule has 0 heterocycles. The van der Waals surface area contributed by atoms with Gasteiger partial charge < -0.3 is 20.5 Å². The third kappa shape index (κ3) is 3.65. The molecule has 0 fully saturated rings. The average Bonchev–Trinajstić information content (AvgIpc) is 2.46. The number of nitrogens with two attached hydrogens (primary N) is 1. The molecule has 110 valence electrons. The van der Waals surface area contributed by atoms with Crippen LogP contribution in [0.25, 0.3) is 0 Å². The van der Waals surface area contributed by atoms with E-state index in [1.165, 1.54) is 0 Å². The molecule has 3 N–H and O–H groups in total. The molecule has 0 aliphatic carbocycles. The van der Waals surface area contributed by atoms with Gasteiger partial charge in [-0.1, -0.05) is 12.2 Å². The summed E-state index contributed by atoms with van der Waals surface area (Å²) in [5, 5.41) is 3.29. The van der Waals surface area contributed by atoms with E-state index in [0.717, 1.165) is 32.9 Å². The zero-order chi connectivity index (χ0) is 15.4. The molecule has 0 bridgehead atoms. The molecule has 0 atom stereocenters. The van der Waals surface area contributed by atoms with E-state index in [0.29, 0.717) is 4.99 Å². The minimum absolute atomic E-state index is 0.354. The molecule has 2 rings (SSSR count). The van der Waals surface area contributed by atoms with Crippen molar-refractivity contribution in [3.05, 3.63) is 46.4 Å². The van der Waals surface area contributed by atoms with Crippen LogP contribution in [-0.2, 0) is 0 Å². The lowest BCUT2D eigenvalue weighted by Crippen LogP contribution is -2.10. The number of rotatable bonds is 5. The van der Waals surface area contributed by atoms with Gasteiger partial charge in [-0.15, -0.1) is 0 Å². The maximum atomic E-state index is 5.65. The minimum Gasteiger partial charge on any atom is -0.497 e. The number of thiocarbonyl (C=S) groups is 1. The molecule has 4 nitrogen and oxygen atoms in total. The van der Waals surface area contributed by atoms with Gasteiger partial charge in [0, 0.05) is 21.8 Å². The first kappa shape index (κ1) is 15.6. The third-order valence-electron chi connectivity index (χ3n) is 2.92. The van der Waals surface area contributed by atoms with Crippen LogP contribution in [0.15, 0.2) is 40.9 Å². The van der Waals surface area contributed by atoms with Crippen LogP contribution >= 0.6 is 28.1 Å². The van der Waals surface area contributed by atoms with Crippen LogP contribution in [0.4, 0.5) is 11.4 Å². The highest BCUT2D eigenvalue weighted by Gasteiger charge is 2.08. The van der Waals surface area contributed by atoms with Crippen LogP contribution in [0.3, 0.4) is 0 Å². The van der Waals surface area contributed by atoms with Crippen molar-refractivity contribution >= 4 is 44.5 Å². The fourth-order valence-corrected chi connectivity index (χ4v) is 2.76. The van der Waals surface area contributed by atoms with Gasteiger partial charge in [-0.05, 0) is 46.3 Å². The van der Waals surface area contributed by atoms with Gasteiger partial charge in [-0.3, -0.25) is 0 Å². The molecule has 0 amide bonds. The molecule has 0 spiro atoms. The topological polar surface area (TPSA) is 56.5 Å². The van der Waals surface area contributed by atoms with Gasteiger partial charge in [0.1, 0.15) is 16.5 Å². The lowest BCUT2D eigenvalue weighted by molar-refractivity contribution is 0.405. The normalized spacial score (nSPS) is 10.0. The summed E-state index contributed by atoms with van der Waals surface area (Å²) in [7, 11) is 3.25. The van der Waals surface area contributed by atoms with Crippen LogP contribution in [-0.4, -0.2) is 19.2 Å². The fourth-order valence-electron chi connectivity index (χ4n) is 1.86. The molecule has 2 aromatic carbocycles. The second-order valence-electron chi connectivity index (χ2n) is 4.25. The van der Waals surface area contributed by atoms with E-state index in [1.807, 2.05) is 36.4 Å². The predicted octanol–water partition coefficient (Wildman–Crippen LogP) is 3.84. The Morgan fingerprint density at radius 1 is 1.14 bits per heavy atom. The van der Waals surface area contributed by atoms with Gasteiger partial charge in [0.05, 0.1) is 19.9 Å². The summed E-state index contributed by atoms with van der Waals surface area (Å²) in [6.45, 7) is 0. The first-order valence-electron chi connectivity index (χ1n) is 6.13. The van der Waals surface area contributed by atoms with E-state index in [4.69, 9.17) is 27.4 Å². The molecule has 0 saturated heterocycles.